The first-order chi connectivity index (χ1) is 9.15. The van der Waals surface area contributed by atoms with Crippen LogP contribution in [0.4, 0.5) is 0 Å². The number of aliphatic carboxylic acids is 1. The summed E-state index contributed by atoms with van der Waals surface area (Å²) >= 11 is 0. The molecule has 0 aliphatic carbocycles. The first-order valence-corrected chi connectivity index (χ1v) is 5.31. The van der Waals surface area contributed by atoms with Gasteiger partial charge in [0.05, 0.1) is 0 Å². The minimum Gasteiger partial charge on any atom is -0.479 e. The van der Waals surface area contributed by atoms with Crippen molar-refractivity contribution in [2.24, 2.45) is 0 Å². The molecule has 0 radical (unpaired) electrons. The molecule has 2 aromatic heterocycles. The van der Waals surface area contributed by atoms with Crippen LogP contribution in [0.2, 0.25) is 0 Å². The van der Waals surface area contributed by atoms with Crippen LogP contribution in [-0.4, -0.2) is 32.4 Å². The summed E-state index contributed by atoms with van der Waals surface area (Å²) in [5.74, 6) is -1.27. The summed E-state index contributed by atoms with van der Waals surface area (Å²) in [5, 5.41) is 17.3. The van der Waals surface area contributed by atoms with Gasteiger partial charge >= 0.3 is 5.97 Å². The van der Waals surface area contributed by atoms with Crippen LogP contribution in [0.25, 0.3) is 0 Å². The molecule has 0 fully saturated rings. The van der Waals surface area contributed by atoms with Crippen molar-refractivity contribution >= 4 is 12.3 Å². The van der Waals surface area contributed by atoms with E-state index in [4.69, 9.17) is 10.2 Å². The summed E-state index contributed by atoms with van der Waals surface area (Å²) in [4.78, 5) is 27.6. The molecule has 0 saturated carbocycles. The molecular weight excluding hydrogens is 248 g/mol. The number of hydrogen-bond acceptors (Lipinski definition) is 5. The lowest BCUT2D eigenvalue weighted by molar-refractivity contribution is -0.146. The lowest BCUT2D eigenvalue weighted by Gasteiger charge is -2.02. The van der Waals surface area contributed by atoms with Gasteiger partial charge in [0.25, 0.3) is 0 Å². The first-order valence-electron chi connectivity index (χ1n) is 5.31. The van der Waals surface area contributed by atoms with Crippen molar-refractivity contribution in [3.05, 3.63) is 60.2 Å². The zero-order chi connectivity index (χ0) is 14.1. The number of carbonyl (C=O) groups excluding carboxylic acids is 1. The van der Waals surface area contributed by atoms with Gasteiger partial charge in [-0.15, -0.1) is 0 Å². The highest BCUT2D eigenvalue weighted by Crippen LogP contribution is 2.09. The summed E-state index contributed by atoms with van der Waals surface area (Å²) in [6.45, 7) is 0. The SMILES string of the molecule is O=C(O)C(O)c1cccnc1.O=Cc1cccnc1. The minimum absolute atomic E-state index is 0.292. The number of aldehydes is 1. The molecule has 0 aliphatic rings. The van der Waals surface area contributed by atoms with E-state index in [9.17, 15) is 9.59 Å². The predicted octanol–water partition coefficient (Wildman–Crippen LogP) is 1.09. The largest absolute Gasteiger partial charge is 0.479 e. The lowest BCUT2D eigenvalue weighted by atomic mass is 10.2. The third kappa shape index (κ3) is 5.05. The zero-order valence-electron chi connectivity index (χ0n) is 9.88. The summed E-state index contributed by atoms with van der Waals surface area (Å²) in [5.41, 5.74) is 0.910. The molecule has 1 atom stereocenters. The number of hydrogen-bond donors (Lipinski definition) is 2. The fraction of sp³-hybridized carbons (Fsp3) is 0.0769. The molecular formula is C13H12N2O4. The average Bonchev–Trinajstić information content (AvgIpc) is 2.48. The number of aliphatic hydroxyl groups is 1. The molecule has 0 aromatic carbocycles. The molecule has 0 saturated heterocycles. The molecule has 19 heavy (non-hydrogen) atoms. The molecule has 1 unspecified atom stereocenters. The predicted molar refractivity (Wildman–Crippen MR) is 66.5 cm³/mol. The Labute approximate surface area is 109 Å². The molecule has 2 heterocycles. The van der Waals surface area contributed by atoms with Crippen LogP contribution in [0.5, 0.6) is 0 Å². The third-order valence-corrected chi connectivity index (χ3v) is 2.05. The Morgan fingerprint density at radius 2 is 1.79 bits per heavy atom. The van der Waals surface area contributed by atoms with E-state index in [0.29, 0.717) is 11.1 Å². The Balaban J connectivity index is 0.000000200. The molecule has 2 N–H and O–H groups in total. The number of carboxylic acids is 1. The van der Waals surface area contributed by atoms with E-state index in [1.165, 1.54) is 24.7 Å². The highest BCUT2D eigenvalue weighted by atomic mass is 16.4. The van der Waals surface area contributed by atoms with E-state index >= 15 is 0 Å². The van der Waals surface area contributed by atoms with E-state index in [1.807, 2.05) is 0 Å². The summed E-state index contributed by atoms with van der Waals surface area (Å²) in [6, 6.07) is 6.51. The highest BCUT2D eigenvalue weighted by molar-refractivity contribution is 5.74. The number of aliphatic hydroxyl groups excluding tert-OH is 1. The van der Waals surface area contributed by atoms with Crippen molar-refractivity contribution in [1.29, 1.82) is 0 Å². The van der Waals surface area contributed by atoms with Crippen LogP contribution in [0, 0.1) is 0 Å². The van der Waals surface area contributed by atoms with Gasteiger partial charge in [-0.1, -0.05) is 6.07 Å². The van der Waals surface area contributed by atoms with Gasteiger partial charge in [0, 0.05) is 35.9 Å². The second kappa shape index (κ2) is 7.67. The van der Waals surface area contributed by atoms with Crippen LogP contribution in [-0.2, 0) is 4.79 Å². The summed E-state index contributed by atoms with van der Waals surface area (Å²) < 4.78 is 0. The van der Waals surface area contributed by atoms with Crippen molar-refractivity contribution in [2.45, 2.75) is 6.10 Å². The van der Waals surface area contributed by atoms with Gasteiger partial charge in [0.1, 0.15) is 0 Å². The standard InChI is InChI=1S/C7H7NO3.C6H5NO/c9-6(7(10)11)5-2-1-3-8-4-5;8-5-6-2-1-3-7-4-6/h1-4,6,9H,(H,10,11);1-5H. The monoisotopic (exact) mass is 260 g/mol. The van der Waals surface area contributed by atoms with Gasteiger partial charge in [-0.3, -0.25) is 14.8 Å². The number of rotatable bonds is 3. The lowest BCUT2D eigenvalue weighted by Crippen LogP contribution is -2.10. The van der Waals surface area contributed by atoms with Gasteiger partial charge in [0.15, 0.2) is 12.4 Å². The Hall–Kier alpha value is -2.60. The van der Waals surface area contributed by atoms with Gasteiger partial charge in [-0.25, -0.2) is 4.79 Å². The Kier molecular flexibility index (Phi) is 5.84. The molecule has 0 bridgehead atoms. The average molecular weight is 260 g/mol. The maximum atomic E-state index is 10.2. The van der Waals surface area contributed by atoms with E-state index < -0.39 is 12.1 Å². The van der Waals surface area contributed by atoms with Gasteiger partial charge < -0.3 is 10.2 Å². The minimum atomic E-state index is -1.47. The first kappa shape index (κ1) is 14.5. The molecule has 6 nitrogen and oxygen atoms in total. The van der Waals surface area contributed by atoms with Gasteiger partial charge in [0.2, 0.25) is 0 Å². The second-order valence-electron chi connectivity index (χ2n) is 3.43. The fourth-order valence-electron chi connectivity index (χ4n) is 1.13. The van der Waals surface area contributed by atoms with Crippen molar-refractivity contribution in [3.8, 4) is 0 Å². The zero-order valence-corrected chi connectivity index (χ0v) is 9.88. The Bertz CT molecular complexity index is 517. The highest BCUT2D eigenvalue weighted by Gasteiger charge is 2.14. The van der Waals surface area contributed by atoms with E-state index in [2.05, 4.69) is 9.97 Å². The molecule has 6 heteroatoms. The fourth-order valence-corrected chi connectivity index (χ4v) is 1.13. The van der Waals surface area contributed by atoms with Crippen molar-refractivity contribution < 1.29 is 19.8 Å². The molecule has 0 amide bonds. The maximum absolute atomic E-state index is 10.2. The molecule has 2 aromatic rings. The van der Waals surface area contributed by atoms with Crippen LogP contribution < -0.4 is 0 Å². The van der Waals surface area contributed by atoms with Crippen LogP contribution in [0.15, 0.2) is 49.1 Å². The number of nitrogens with zero attached hydrogens (tertiary/aromatic N) is 2. The van der Waals surface area contributed by atoms with Crippen molar-refractivity contribution in [1.82, 2.24) is 9.97 Å². The van der Waals surface area contributed by atoms with Crippen LogP contribution in [0.3, 0.4) is 0 Å². The van der Waals surface area contributed by atoms with Crippen molar-refractivity contribution in [2.75, 3.05) is 0 Å². The molecule has 0 aliphatic heterocycles. The van der Waals surface area contributed by atoms with Crippen LogP contribution in [0.1, 0.15) is 22.0 Å². The number of carboxylic acid groups (broad SMARTS) is 1. The van der Waals surface area contributed by atoms with E-state index in [1.54, 1.807) is 24.4 Å². The van der Waals surface area contributed by atoms with E-state index in [0.717, 1.165) is 6.29 Å². The topological polar surface area (TPSA) is 100 Å². The third-order valence-electron chi connectivity index (χ3n) is 2.05. The number of aromatic nitrogens is 2. The Morgan fingerprint density at radius 1 is 1.16 bits per heavy atom. The number of carbonyl (C=O) groups is 2. The smallest absolute Gasteiger partial charge is 0.337 e. The summed E-state index contributed by atoms with van der Waals surface area (Å²) in [7, 11) is 0. The quantitative estimate of drug-likeness (QED) is 0.801. The van der Waals surface area contributed by atoms with Crippen LogP contribution >= 0.6 is 0 Å². The van der Waals surface area contributed by atoms with Gasteiger partial charge in [-0.2, -0.15) is 0 Å². The molecule has 2 rings (SSSR count). The van der Waals surface area contributed by atoms with Crippen molar-refractivity contribution in [3.63, 3.8) is 0 Å². The second-order valence-corrected chi connectivity index (χ2v) is 3.43. The Morgan fingerprint density at radius 3 is 2.16 bits per heavy atom. The molecule has 0 spiro atoms. The van der Waals surface area contributed by atoms with E-state index in [-0.39, 0.29) is 0 Å². The normalized spacial score (nSPS) is 10.8. The molecule has 98 valence electrons. The summed E-state index contributed by atoms with van der Waals surface area (Å²) in [6.07, 6.45) is 5.29. The number of pyridine rings is 2. The van der Waals surface area contributed by atoms with Gasteiger partial charge in [-0.05, 0) is 18.2 Å². The maximum Gasteiger partial charge on any atom is 0.337 e.